The topological polar surface area (TPSA) is 119 Å². The fourth-order valence-electron chi connectivity index (χ4n) is 6.53. The Morgan fingerprint density at radius 3 is 2.73 bits per heavy atom. The van der Waals surface area contributed by atoms with Crippen molar-refractivity contribution in [3.05, 3.63) is 64.7 Å². The second kappa shape index (κ2) is 8.88. The Morgan fingerprint density at radius 2 is 2.02 bits per heavy atom. The molecular weight excluding hydrogens is 541 g/mol. The van der Waals surface area contributed by atoms with Gasteiger partial charge in [0.05, 0.1) is 28.6 Å². The van der Waals surface area contributed by atoms with Crippen molar-refractivity contribution in [2.45, 2.75) is 63.6 Å². The number of hydrogen-bond donors (Lipinski definition) is 2. The molecule has 41 heavy (non-hydrogen) atoms. The molecule has 3 atom stereocenters. The van der Waals surface area contributed by atoms with Gasteiger partial charge in [-0.3, -0.25) is 4.79 Å². The molecule has 8 rings (SSSR count). The zero-order valence-electron chi connectivity index (χ0n) is 21.9. The summed E-state index contributed by atoms with van der Waals surface area (Å²) in [5, 5.41) is 27.2. The molecule has 1 unspecified atom stereocenters. The highest BCUT2D eigenvalue weighted by Crippen LogP contribution is 2.67. The number of carbonyl (C=O) groups is 1. The third kappa shape index (κ3) is 3.94. The average molecular weight is 567 g/mol. The molecule has 1 aliphatic heterocycles. The Morgan fingerprint density at radius 1 is 1.24 bits per heavy atom. The van der Waals surface area contributed by atoms with Gasteiger partial charge in [0.15, 0.2) is 17.2 Å². The van der Waals surface area contributed by atoms with Gasteiger partial charge in [0.1, 0.15) is 18.0 Å². The van der Waals surface area contributed by atoms with E-state index in [1.54, 1.807) is 29.8 Å². The van der Waals surface area contributed by atoms with E-state index in [0.29, 0.717) is 42.6 Å². The maximum Gasteiger partial charge on any atom is 0.586 e. The van der Waals surface area contributed by atoms with E-state index in [1.807, 2.05) is 0 Å². The van der Waals surface area contributed by atoms with Gasteiger partial charge in [-0.05, 0) is 80.8 Å². The van der Waals surface area contributed by atoms with Crippen LogP contribution < -0.4 is 14.8 Å². The Bertz CT molecular complexity index is 1630. The van der Waals surface area contributed by atoms with E-state index >= 15 is 0 Å². The fraction of sp³-hybridized carbons (Fsp3) is 0.414. The molecule has 2 heterocycles. The lowest BCUT2D eigenvalue weighted by Crippen LogP contribution is -2.70. The van der Waals surface area contributed by atoms with Gasteiger partial charge in [-0.25, -0.2) is 9.07 Å². The number of aromatic nitrogens is 2. The van der Waals surface area contributed by atoms with Crippen LogP contribution in [0, 0.1) is 28.5 Å². The third-order valence-corrected chi connectivity index (χ3v) is 8.78. The Labute approximate surface area is 232 Å². The molecule has 212 valence electrons. The van der Waals surface area contributed by atoms with Crippen molar-refractivity contribution in [2.75, 3.05) is 5.32 Å². The standard InChI is InChI=1S/C29H25F3N4O5/c1-14(15-5-8-22-24(9-15)41-29(31,32)40-22)34-20-10-17(6-7-19(20)30)36-25-18(21(13-33)35-36)3-2-4-23(25)39-26-16-11-28(26,12-16)27(37)38/h5-10,14,16,23,26,34H,2-4,11-12H2,1H3,(H,37,38)/t14-,16?,23-,26?,28?/m0/s1. The number of benzene rings is 2. The molecule has 2 bridgehead atoms. The molecule has 1 aromatic heterocycles. The first-order valence-corrected chi connectivity index (χ1v) is 13.5. The first-order chi connectivity index (χ1) is 19.6. The molecule has 0 radical (unpaired) electrons. The average Bonchev–Trinajstić information content (AvgIpc) is 3.42. The van der Waals surface area contributed by atoms with Crippen LogP contribution >= 0.6 is 0 Å². The molecule has 3 fully saturated rings. The van der Waals surface area contributed by atoms with Crippen molar-refractivity contribution in [3.8, 4) is 23.3 Å². The van der Waals surface area contributed by atoms with Gasteiger partial charge in [-0.15, -0.1) is 8.78 Å². The summed E-state index contributed by atoms with van der Waals surface area (Å²) in [4.78, 5) is 11.9. The molecule has 0 spiro atoms. The van der Waals surface area contributed by atoms with Crippen LogP contribution in [0.5, 0.6) is 11.5 Å². The van der Waals surface area contributed by atoms with Gasteiger partial charge >= 0.3 is 12.3 Å². The molecule has 0 amide bonds. The highest BCUT2D eigenvalue weighted by Gasteiger charge is 2.71. The maximum atomic E-state index is 15.0. The van der Waals surface area contributed by atoms with E-state index in [0.717, 1.165) is 12.0 Å². The molecule has 2 N–H and O–H groups in total. The van der Waals surface area contributed by atoms with Crippen LogP contribution in [0.3, 0.4) is 0 Å². The van der Waals surface area contributed by atoms with E-state index in [2.05, 4.69) is 26.0 Å². The van der Waals surface area contributed by atoms with Gasteiger partial charge in [0.2, 0.25) is 0 Å². The number of ether oxygens (including phenoxy) is 3. The first-order valence-electron chi connectivity index (χ1n) is 13.5. The number of nitrogens with zero attached hydrogens (tertiary/aromatic N) is 3. The highest BCUT2D eigenvalue weighted by molar-refractivity contribution is 5.80. The Balaban J connectivity index is 1.18. The SMILES string of the molecule is C[C@H](Nc1cc(-n2nc(C#N)c3c2[C@@H](OC2C4CC2(C(=O)O)C4)CCC3)ccc1F)c1ccc2c(c1)OC(F)(F)O2. The lowest BCUT2D eigenvalue weighted by atomic mass is 9.42. The largest absolute Gasteiger partial charge is 0.586 e. The second-order valence-electron chi connectivity index (χ2n) is 11.2. The minimum Gasteiger partial charge on any atom is -0.481 e. The molecular formula is C29H25F3N4O5. The molecule has 2 aromatic carbocycles. The summed E-state index contributed by atoms with van der Waals surface area (Å²) in [6.07, 6.45) is -1.29. The predicted octanol–water partition coefficient (Wildman–Crippen LogP) is 5.63. The number of hydrogen-bond acceptors (Lipinski definition) is 7. The van der Waals surface area contributed by atoms with Crippen molar-refractivity contribution >= 4 is 11.7 Å². The number of halogens is 3. The lowest BCUT2D eigenvalue weighted by Gasteiger charge is -2.65. The third-order valence-electron chi connectivity index (χ3n) is 8.78. The minimum absolute atomic E-state index is 0.0823. The number of alkyl halides is 2. The molecule has 3 aromatic rings. The van der Waals surface area contributed by atoms with Gasteiger partial charge in [-0.2, -0.15) is 10.4 Å². The van der Waals surface area contributed by atoms with E-state index in [-0.39, 0.29) is 34.9 Å². The summed E-state index contributed by atoms with van der Waals surface area (Å²) in [5.74, 6) is -1.36. The van der Waals surface area contributed by atoms with Crippen LogP contribution in [-0.4, -0.2) is 33.3 Å². The van der Waals surface area contributed by atoms with Gasteiger partial charge in [0, 0.05) is 11.6 Å². The van der Waals surface area contributed by atoms with Crippen LogP contribution in [-0.2, 0) is 16.0 Å². The summed E-state index contributed by atoms with van der Waals surface area (Å²) in [6, 6.07) is 10.4. The van der Waals surface area contributed by atoms with Crippen molar-refractivity contribution in [3.63, 3.8) is 0 Å². The van der Waals surface area contributed by atoms with E-state index in [4.69, 9.17) is 4.74 Å². The van der Waals surface area contributed by atoms with Crippen LogP contribution in [0.1, 0.15) is 67.3 Å². The number of carboxylic acids is 1. The number of anilines is 1. The van der Waals surface area contributed by atoms with Crippen molar-refractivity contribution < 1.29 is 37.3 Å². The maximum absolute atomic E-state index is 15.0. The second-order valence-corrected chi connectivity index (χ2v) is 11.2. The number of fused-ring (bicyclic) bond motifs is 2. The first kappa shape index (κ1) is 25.7. The molecule has 9 nitrogen and oxygen atoms in total. The molecule has 5 aliphatic rings. The minimum atomic E-state index is -3.74. The number of carboxylic acid groups (broad SMARTS) is 1. The zero-order valence-corrected chi connectivity index (χ0v) is 21.9. The molecule has 0 saturated heterocycles. The summed E-state index contributed by atoms with van der Waals surface area (Å²) < 4.78 is 58.9. The zero-order chi connectivity index (χ0) is 28.7. The van der Waals surface area contributed by atoms with Gasteiger partial charge < -0.3 is 24.6 Å². The van der Waals surface area contributed by atoms with Crippen LogP contribution in [0.15, 0.2) is 36.4 Å². The highest BCUT2D eigenvalue weighted by atomic mass is 19.3. The van der Waals surface area contributed by atoms with E-state index in [1.165, 1.54) is 18.2 Å². The van der Waals surface area contributed by atoms with Crippen molar-refractivity contribution in [2.24, 2.45) is 11.3 Å². The predicted molar refractivity (Wildman–Crippen MR) is 136 cm³/mol. The molecule has 4 aliphatic carbocycles. The fourth-order valence-corrected chi connectivity index (χ4v) is 6.53. The normalized spacial score (nSPS) is 27.1. The number of aliphatic carboxylic acids is 1. The van der Waals surface area contributed by atoms with Crippen molar-refractivity contribution in [1.29, 1.82) is 5.26 Å². The summed E-state index contributed by atoms with van der Waals surface area (Å²) in [6.45, 7) is 1.75. The Hall–Kier alpha value is -4.24. The molecule has 12 heteroatoms. The Kier molecular flexibility index (Phi) is 5.57. The number of nitriles is 1. The molecule has 3 saturated carbocycles. The van der Waals surface area contributed by atoms with Crippen molar-refractivity contribution in [1.82, 2.24) is 9.78 Å². The number of rotatable bonds is 7. The van der Waals surface area contributed by atoms with E-state index < -0.39 is 35.6 Å². The lowest BCUT2D eigenvalue weighted by molar-refractivity contribution is -0.286. The summed E-state index contributed by atoms with van der Waals surface area (Å²) in [5.41, 5.74) is 2.05. The quantitative estimate of drug-likeness (QED) is 0.378. The van der Waals surface area contributed by atoms with Crippen LogP contribution in [0.25, 0.3) is 5.69 Å². The monoisotopic (exact) mass is 566 g/mol. The van der Waals surface area contributed by atoms with Crippen LogP contribution in [0.4, 0.5) is 18.9 Å². The van der Waals surface area contributed by atoms with Gasteiger partial charge in [0.25, 0.3) is 0 Å². The number of nitrogens with one attached hydrogen (secondary N) is 1. The summed E-state index contributed by atoms with van der Waals surface area (Å²) in [7, 11) is 0. The smallest absolute Gasteiger partial charge is 0.481 e. The van der Waals surface area contributed by atoms with E-state index in [9.17, 15) is 28.3 Å². The van der Waals surface area contributed by atoms with Gasteiger partial charge in [-0.1, -0.05) is 6.07 Å². The summed E-state index contributed by atoms with van der Waals surface area (Å²) >= 11 is 0. The van der Waals surface area contributed by atoms with Crippen LogP contribution in [0.2, 0.25) is 0 Å².